The number of nitrogens with one attached hydrogen (secondary N) is 2. The van der Waals surface area contributed by atoms with E-state index in [0.29, 0.717) is 35.5 Å². The zero-order chi connectivity index (χ0) is 36.5. The van der Waals surface area contributed by atoms with Gasteiger partial charge in [-0.05, 0) is 97.3 Å². The number of pyridine rings is 1. The fourth-order valence-electron chi connectivity index (χ4n) is 8.18. The van der Waals surface area contributed by atoms with Crippen molar-refractivity contribution in [2.75, 3.05) is 31.1 Å². The molecule has 2 aromatic heterocycles. The van der Waals surface area contributed by atoms with Gasteiger partial charge in [-0.1, -0.05) is 59.8 Å². The fourth-order valence-corrected chi connectivity index (χ4v) is 8.18. The fraction of sp³-hybridized carbons (Fsp3) is 0.317. The monoisotopic (exact) mass is 753 g/mol. The van der Waals surface area contributed by atoms with E-state index >= 15 is 0 Å². The highest BCUT2D eigenvalue weighted by Crippen LogP contribution is 2.39. The summed E-state index contributed by atoms with van der Waals surface area (Å²) in [5, 5.41) is 44.4. The summed E-state index contributed by atoms with van der Waals surface area (Å²) >= 11 is 0. The van der Waals surface area contributed by atoms with Crippen LogP contribution in [0.5, 0.6) is 5.75 Å². The number of anilines is 1. The molecule has 2 bridgehead atoms. The van der Waals surface area contributed by atoms with Gasteiger partial charge in [0.05, 0.1) is 28.9 Å². The zero-order valence-corrected chi connectivity index (χ0v) is 30.2. The van der Waals surface area contributed by atoms with E-state index in [-0.39, 0.29) is 33.3 Å². The quantitative estimate of drug-likeness (QED) is 0.101. The number of nitrogens with zero attached hydrogens (tertiary/aromatic N) is 5. The number of H-pyrrole nitrogens is 1. The van der Waals surface area contributed by atoms with Crippen LogP contribution in [0.1, 0.15) is 42.1 Å². The standard InChI is InChI=1S/C41H43N7O5.2FH/c49-37-14-11-31(32-12-15-39(51)43-40(32)37)38(50)24-42-23-27-9-13-34-33(21-27)44-45-47(34)18-4-5-26-8-10-30(28-6-2-1-3-7-28)35(22-26)48(41(52)53)36-25-46-19-16-29(36)17-20-46;;/h1-3,6-15,21-22,29,36,38,42,49-50H,4-5,16-20,23-25H2,(H,43,51)(H,52,53);2*1H/t36-,38+;;/m0../s1. The lowest BCUT2D eigenvalue weighted by Crippen LogP contribution is -2.59. The number of benzene rings is 4. The molecule has 5 heterocycles. The highest BCUT2D eigenvalue weighted by molar-refractivity contribution is 5.94. The molecule has 9 rings (SSSR count). The number of aromatic hydroxyl groups is 1. The van der Waals surface area contributed by atoms with Gasteiger partial charge < -0.3 is 30.5 Å². The number of carboxylic acid groups (broad SMARTS) is 1. The molecule has 14 heteroatoms. The molecule has 12 nitrogen and oxygen atoms in total. The third-order valence-electron chi connectivity index (χ3n) is 10.9. The van der Waals surface area contributed by atoms with Crippen molar-refractivity contribution in [1.29, 1.82) is 0 Å². The van der Waals surface area contributed by atoms with Gasteiger partial charge >= 0.3 is 6.09 Å². The second-order valence-electron chi connectivity index (χ2n) is 14.2. The van der Waals surface area contributed by atoms with Crippen LogP contribution in [0, 0.1) is 5.92 Å². The average molecular weight is 754 g/mol. The number of phenolic OH excluding ortho intramolecular Hbond substituents is 1. The molecule has 288 valence electrons. The highest BCUT2D eigenvalue weighted by Gasteiger charge is 2.41. The molecule has 2 atom stereocenters. The third-order valence-corrected chi connectivity index (χ3v) is 10.9. The zero-order valence-electron chi connectivity index (χ0n) is 30.2. The molecule has 0 spiro atoms. The third kappa shape index (κ3) is 8.07. The summed E-state index contributed by atoms with van der Waals surface area (Å²) in [5.41, 5.74) is 7.07. The van der Waals surface area contributed by atoms with Crippen molar-refractivity contribution in [3.63, 3.8) is 0 Å². The minimum Gasteiger partial charge on any atom is -0.506 e. The van der Waals surface area contributed by atoms with Gasteiger partial charge in [0.25, 0.3) is 0 Å². The van der Waals surface area contributed by atoms with Crippen molar-refractivity contribution in [3.05, 3.63) is 118 Å². The molecule has 3 fully saturated rings. The number of phenols is 1. The second kappa shape index (κ2) is 16.8. The number of aliphatic hydroxyl groups is 1. The highest BCUT2D eigenvalue weighted by atomic mass is 19.0. The van der Waals surface area contributed by atoms with Crippen molar-refractivity contribution in [3.8, 4) is 16.9 Å². The number of hydrogen-bond donors (Lipinski definition) is 5. The van der Waals surface area contributed by atoms with Crippen molar-refractivity contribution in [2.45, 2.75) is 50.9 Å². The molecular weight excluding hydrogens is 708 g/mol. The molecule has 4 aromatic carbocycles. The Morgan fingerprint density at radius 2 is 1.75 bits per heavy atom. The molecule has 5 N–H and O–H groups in total. The lowest BCUT2D eigenvalue weighted by Gasteiger charge is -2.48. The Balaban J connectivity index is 0.00000257. The van der Waals surface area contributed by atoms with Crippen LogP contribution >= 0.6 is 0 Å². The van der Waals surface area contributed by atoms with E-state index in [2.05, 4.69) is 43.7 Å². The first-order valence-electron chi connectivity index (χ1n) is 18.3. The van der Waals surface area contributed by atoms with Crippen LogP contribution in [0.3, 0.4) is 0 Å². The van der Waals surface area contributed by atoms with Crippen molar-refractivity contribution in [2.24, 2.45) is 5.92 Å². The first kappa shape index (κ1) is 39.0. The van der Waals surface area contributed by atoms with Gasteiger partial charge in [0.15, 0.2) is 0 Å². The van der Waals surface area contributed by atoms with Crippen LogP contribution < -0.4 is 15.8 Å². The first-order chi connectivity index (χ1) is 25.8. The summed E-state index contributed by atoms with van der Waals surface area (Å²) in [5.74, 6) is 0.323. The van der Waals surface area contributed by atoms with Gasteiger partial charge in [-0.25, -0.2) is 9.48 Å². The molecule has 6 aromatic rings. The molecule has 0 unspecified atom stereocenters. The van der Waals surface area contributed by atoms with Crippen LogP contribution in [0.2, 0.25) is 0 Å². The maximum atomic E-state index is 13.0. The van der Waals surface area contributed by atoms with E-state index in [4.69, 9.17) is 0 Å². The van der Waals surface area contributed by atoms with Gasteiger partial charge in [-0.2, -0.15) is 0 Å². The largest absolute Gasteiger partial charge is 0.506 e. The number of halogens is 2. The molecule has 1 amide bonds. The van der Waals surface area contributed by atoms with Gasteiger partial charge in [-0.15, -0.1) is 5.10 Å². The van der Waals surface area contributed by atoms with E-state index in [9.17, 15) is 24.9 Å². The van der Waals surface area contributed by atoms with Crippen LogP contribution in [0.4, 0.5) is 19.9 Å². The molecule has 3 aliphatic rings. The number of carbonyl (C=O) groups is 1. The van der Waals surface area contributed by atoms with Crippen molar-refractivity contribution < 1.29 is 29.5 Å². The van der Waals surface area contributed by atoms with E-state index in [1.807, 2.05) is 53.2 Å². The Kier molecular flexibility index (Phi) is 11.9. The molecular formula is C41H45F2N7O5. The topological polar surface area (TPSA) is 160 Å². The summed E-state index contributed by atoms with van der Waals surface area (Å²) < 4.78 is 1.91. The SMILES string of the molecule is F.F.O=C(O)N(c1cc(CCCn2nnc3cc(CNC[C@@H](O)c4ccc(O)c5[nH]c(=O)ccc45)ccc32)ccc1-c1ccccc1)[C@H]1CN2CCC1CC2. The normalized spacial score (nSPS) is 18.1. The van der Waals surface area contributed by atoms with E-state index in [1.54, 1.807) is 17.0 Å². The Morgan fingerprint density at radius 3 is 2.49 bits per heavy atom. The number of piperidine rings is 3. The number of aryl methyl sites for hydroxylation is 2. The number of aromatic amines is 1. The Labute approximate surface area is 315 Å². The average Bonchev–Trinajstić information content (AvgIpc) is 3.58. The van der Waals surface area contributed by atoms with Crippen molar-refractivity contribution >= 4 is 33.7 Å². The van der Waals surface area contributed by atoms with Crippen LogP contribution in [-0.4, -0.2) is 78.5 Å². The molecule has 55 heavy (non-hydrogen) atoms. The van der Waals surface area contributed by atoms with Gasteiger partial charge in [-0.3, -0.25) is 19.1 Å². The second-order valence-corrected chi connectivity index (χ2v) is 14.2. The van der Waals surface area contributed by atoms with Gasteiger partial charge in [0, 0.05) is 43.2 Å². The molecule has 3 aliphatic heterocycles. The first-order valence-corrected chi connectivity index (χ1v) is 18.3. The van der Waals surface area contributed by atoms with E-state index < -0.39 is 12.2 Å². The number of amides is 1. The number of aromatic nitrogens is 4. The maximum Gasteiger partial charge on any atom is 0.412 e. The number of aliphatic hydroxyl groups excluding tert-OH is 1. The summed E-state index contributed by atoms with van der Waals surface area (Å²) in [4.78, 5) is 31.4. The summed E-state index contributed by atoms with van der Waals surface area (Å²) in [6.45, 7) is 4.29. The number of hydrogen-bond acceptors (Lipinski definition) is 8. The Hall–Kier alpha value is -5.70. The smallest absolute Gasteiger partial charge is 0.412 e. The van der Waals surface area contributed by atoms with Crippen LogP contribution in [0.25, 0.3) is 33.1 Å². The molecule has 0 saturated carbocycles. The van der Waals surface area contributed by atoms with Crippen molar-refractivity contribution in [1.82, 2.24) is 30.2 Å². The minimum atomic E-state index is -0.900. The predicted octanol–water partition coefficient (Wildman–Crippen LogP) is 5.99. The summed E-state index contributed by atoms with van der Waals surface area (Å²) in [6.07, 6.45) is 1.87. The lowest BCUT2D eigenvalue weighted by atomic mass is 9.82. The minimum absolute atomic E-state index is 0. The van der Waals surface area contributed by atoms with E-state index in [0.717, 1.165) is 84.3 Å². The van der Waals surface area contributed by atoms with E-state index in [1.165, 1.54) is 12.1 Å². The van der Waals surface area contributed by atoms with Crippen LogP contribution in [0.15, 0.2) is 95.8 Å². The Bertz CT molecular complexity index is 2330. The number of rotatable bonds is 12. The maximum absolute atomic E-state index is 13.0. The van der Waals surface area contributed by atoms with Gasteiger partial charge in [0.1, 0.15) is 11.3 Å². The lowest BCUT2D eigenvalue weighted by molar-refractivity contribution is 0.0837. The predicted molar refractivity (Wildman–Crippen MR) is 209 cm³/mol. The van der Waals surface area contributed by atoms with Gasteiger partial charge in [0.2, 0.25) is 5.56 Å². The molecule has 3 saturated heterocycles. The molecule has 0 radical (unpaired) electrons. The summed E-state index contributed by atoms with van der Waals surface area (Å²) in [6, 6.07) is 28.4. The summed E-state index contributed by atoms with van der Waals surface area (Å²) in [7, 11) is 0. The Morgan fingerprint density at radius 1 is 0.964 bits per heavy atom. The van der Waals surface area contributed by atoms with Crippen LogP contribution in [-0.2, 0) is 19.5 Å². The number of fused-ring (bicyclic) bond motifs is 5. The molecule has 0 aliphatic carbocycles.